The van der Waals surface area contributed by atoms with E-state index in [4.69, 9.17) is 0 Å². The van der Waals surface area contributed by atoms with Gasteiger partial charge in [-0.2, -0.15) is 0 Å². The van der Waals surface area contributed by atoms with Gasteiger partial charge in [0, 0.05) is 50.3 Å². The third kappa shape index (κ3) is 3.00. The smallest absolute Gasteiger partial charge is 0.230 e. The topological polar surface area (TPSA) is 48.5 Å². The molecule has 3 heterocycles. The SMILES string of the molecule is Cc1ncc(CN2CCN(C(=O)[C@@]34CCCC[C@H]3CNC4)CC2)s1. The lowest BCUT2D eigenvalue weighted by atomic mass is 9.67. The maximum Gasteiger partial charge on any atom is 0.230 e. The number of rotatable bonds is 3. The number of nitrogens with zero attached hydrogens (tertiary/aromatic N) is 3. The van der Waals surface area contributed by atoms with Crippen LogP contribution in [0.2, 0.25) is 0 Å². The van der Waals surface area contributed by atoms with Gasteiger partial charge in [-0.1, -0.05) is 12.8 Å². The van der Waals surface area contributed by atoms with E-state index < -0.39 is 0 Å². The normalized spacial score (nSPS) is 31.2. The quantitative estimate of drug-likeness (QED) is 0.906. The Hall–Kier alpha value is -0.980. The van der Waals surface area contributed by atoms with Crippen molar-refractivity contribution in [1.29, 1.82) is 0 Å². The minimum atomic E-state index is -0.0881. The summed E-state index contributed by atoms with van der Waals surface area (Å²) in [6.45, 7) is 8.69. The van der Waals surface area contributed by atoms with Crippen molar-refractivity contribution in [3.63, 3.8) is 0 Å². The molecule has 0 unspecified atom stereocenters. The van der Waals surface area contributed by atoms with Crippen molar-refractivity contribution in [2.75, 3.05) is 39.3 Å². The predicted molar refractivity (Wildman–Crippen MR) is 96.0 cm³/mol. The lowest BCUT2D eigenvalue weighted by molar-refractivity contribution is -0.147. The average molecular weight is 349 g/mol. The number of aryl methyl sites for hydroxylation is 1. The first-order valence-corrected chi connectivity index (χ1v) is 10.1. The van der Waals surface area contributed by atoms with Gasteiger partial charge in [0.15, 0.2) is 0 Å². The lowest BCUT2D eigenvalue weighted by Crippen LogP contribution is -2.55. The first-order valence-electron chi connectivity index (χ1n) is 9.31. The molecule has 1 aromatic rings. The number of carbonyl (C=O) groups excluding carboxylic acids is 1. The highest BCUT2D eigenvalue weighted by Gasteiger charge is 2.51. The minimum absolute atomic E-state index is 0.0881. The first-order chi connectivity index (χ1) is 11.7. The summed E-state index contributed by atoms with van der Waals surface area (Å²) in [6, 6.07) is 0. The molecule has 2 saturated heterocycles. The number of amides is 1. The zero-order chi connectivity index (χ0) is 16.6. The molecule has 2 atom stereocenters. The van der Waals surface area contributed by atoms with Crippen LogP contribution < -0.4 is 5.32 Å². The molecule has 24 heavy (non-hydrogen) atoms. The molecule has 0 bridgehead atoms. The molecule has 1 N–H and O–H groups in total. The molecule has 132 valence electrons. The Morgan fingerprint density at radius 2 is 2.21 bits per heavy atom. The second-order valence-corrected chi connectivity index (χ2v) is 8.96. The van der Waals surface area contributed by atoms with Crippen molar-refractivity contribution in [2.45, 2.75) is 39.2 Å². The summed E-state index contributed by atoms with van der Waals surface area (Å²) in [5, 5.41) is 4.64. The zero-order valence-electron chi connectivity index (χ0n) is 14.6. The summed E-state index contributed by atoms with van der Waals surface area (Å²) in [5.41, 5.74) is -0.0881. The van der Waals surface area contributed by atoms with Gasteiger partial charge in [-0.3, -0.25) is 9.69 Å². The molecule has 0 aromatic carbocycles. The molecule has 0 radical (unpaired) electrons. The molecule has 3 fully saturated rings. The molecule has 1 amide bonds. The van der Waals surface area contributed by atoms with E-state index in [1.807, 2.05) is 6.20 Å². The van der Waals surface area contributed by atoms with Crippen LogP contribution in [0.25, 0.3) is 0 Å². The molecule has 1 aliphatic carbocycles. The lowest BCUT2D eigenvalue weighted by Gasteiger charge is -2.43. The van der Waals surface area contributed by atoms with E-state index in [0.29, 0.717) is 11.8 Å². The van der Waals surface area contributed by atoms with Crippen LogP contribution in [0.15, 0.2) is 6.20 Å². The van der Waals surface area contributed by atoms with E-state index >= 15 is 0 Å². The fourth-order valence-corrected chi connectivity index (χ4v) is 5.63. The highest BCUT2D eigenvalue weighted by molar-refractivity contribution is 7.11. The van der Waals surface area contributed by atoms with Crippen molar-refractivity contribution < 1.29 is 4.79 Å². The average Bonchev–Trinajstić information content (AvgIpc) is 3.21. The molecule has 3 aliphatic rings. The highest BCUT2D eigenvalue weighted by Crippen LogP contribution is 2.45. The van der Waals surface area contributed by atoms with Gasteiger partial charge >= 0.3 is 0 Å². The van der Waals surface area contributed by atoms with E-state index in [2.05, 4.69) is 27.0 Å². The third-order valence-electron chi connectivity index (χ3n) is 6.17. The van der Waals surface area contributed by atoms with Crippen LogP contribution in [0.1, 0.15) is 35.6 Å². The van der Waals surface area contributed by atoms with Gasteiger partial charge in [0.1, 0.15) is 0 Å². The van der Waals surface area contributed by atoms with Gasteiger partial charge in [-0.05, 0) is 32.2 Å². The maximum atomic E-state index is 13.3. The van der Waals surface area contributed by atoms with Gasteiger partial charge in [0.05, 0.1) is 10.4 Å². The molecule has 4 rings (SSSR count). The van der Waals surface area contributed by atoms with E-state index in [1.165, 1.54) is 24.1 Å². The van der Waals surface area contributed by atoms with Crippen LogP contribution >= 0.6 is 11.3 Å². The Labute approximate surface area is 148 Å². The van der Waals surface area contributed by atoms with Crippen LogP contribution in [-0.2, 0) is 11.3 Å². The molecule has 6 heteroatoms. The minimum Gasteiger partial charge on any atom is -0.340 e. The molecule has 0 spiro atoms. The van der Waals surface area contributed by atoms with E-state index in [0.717, 1.165) is 57.2 Å². The summed E-state index contributed by atoms with van der Waals surface area (Å²) in [4.78, 5) is 23.6. The summed E-state index contributed by atoms with van der Waals surface area (Å²) < 4.78 is 0. The van der Waals surface area contributed by atoms with Crippen LogP contribution in [0, 0.1) is 18.3 Å². The number of fused-ring (bicyclic) bond motifs is 1. The number of hydrogen-bond donors (Lipinski definition) is 1. The second-order valence-electron chi connectivity index (χ2n) is 7.64. The van der Waals surface area contributed by atoms with E-state index in [9.17, 15) is 4.79 Å². The Balaban J connectivity index is 1.36. The largest absolute Gasteiger partial charge is 0.340 e. The summed E-state index contributed by atoms with van der Waals surface area (Å²) in [6.07, 6.45) is 6.82. The van der Waals surface area contributed by atoms with E-state index in [-0.39, 0.29) is 5.41 Å². The third-order valence-corrected chi connectivity index (χ3v) is 7.07. The van der Waals surface area contributed by atoms with Gasteiger partial charge in [0.2, 0.25) is 5.91 Å². The number of hydrogen-bond acceptors (Lipinski definition) is 5. The maximum absolute atomic E-state index is 13.3. The highest BCUT2D eigenvalue weighted by atomic mass is 32.1. The van der Waals surface area contributed by atoms with Crippen molar-refractivity contribution >= 4 is 17.2 Å². The number of thiazole rings is 1. The Kier molecular flexibility index (Phi) is 4.62. The monoisotopic (exact) mass is 348 g/mol. The van der Waals surface area contributed by atoms with Crippen LogP contribution in [-0.4, -0.2) is 60.0 Å². The fraction of sp³-hybridized carbons (Fsp3) is 0.778. The van der Waals surface area contributed by atoms with Crippen molar-refractivity contribution in [3.05, 3.63) is 16.1 Å². The van der Waals surface area contributed by atoms with Gasteiger partial charge in [-0.25, -0.2) is 4.98 Å². The van der Waals surface area contributed by atoms with Crippen LogP contribution in [0.3, 0.4) is 0 Å². The number of nitrogens with one attached hydrogen (secondary N) is 1. The molecular weight excluding hydrogens is 320 g/mol. The van der Waals surface area contributed by atoms with Gasteiger partial charge < -0.3 is 10.2 Å². The van der Waals surface area contributed by atoms with Crippen LogP contribution in [0.4, 0.5) is 0 Å². The molecule has 1 saturated carbocycles. The second kappa shape index (κ2) is 6.73. The molecule has 2 aliphatic heterocycles. The summed E-state index contributed by atoms with van der Waals surface area (Å²) in [5.74, 6) is 1.00. The molecule has 1 aromatic heterocycles. The molecule has 5 nitrogen and oxygen atoms in total. The molecular formula is C18H28N4OS. The summed E-state index contributed by atoms with van der Waals surface area (Å²) in [7, 11) is 0. The predicted octanol–water partition coefficient (Wildman–Crippen LogP) is 1.88. The fourth-order valence-electron chi connectivity index (χ4n) is 4.79. The van der Waals surface area contributed by atoms with Crippen LogP contribution in [0.5, 0.6) is 0 Å². The van der Waals surface area contributed by atoms with Gasteiger partial charge in [0.25, 0.3) is 0 Å². The summed E-state index contributed by atoms with van der Waals surface area (Å²) >= 11 is 1.78. The van der Waals surface area contributed by atoms with Crippen molar-refractivity contribution in [1.82, 2.24) is 20.1 Å². The van der Waals surface area contributed by atoms with Crippen molar-refractivity contribution in [2.24, 2.45) is 11.3 Å². The number of carbonyl (C=O) groups is 1. The number of piperazine rings is 1. The Morgan fingerprint density at radius 1 is 1.38 bits per heavy atom. The van der Waals surface area contributed by atoms with E-state index in [1.54, 1.807) is 11.3 Å². The van der Waals surface area contributed by atoms with Crippen molar-refractivity contribution in [3.8, 4) is 0 Å². The standard InChI is InChI=1S/C18H28N4OS/c1-14-20-11-16(24-14)12-21-6-8-22(9-7-21)17(23)18-5-3-2-4-15(18)10-19-13-18/h11,15,19H,2-10,12-13H2,1H3/t15-,18+/m0/s1. The zero-order valence-corrected chi connectivity index (χ0v) is 15.4. The Morgan fingerprint density at radius 3 is 2.96 bits per heavy atom. The Bertz CT molecular complexity index is 596. The first kappa shape index (κ1) is 16.5. The van der Waals surface area contributed by atoms with Gasteiger partial charge in [-0.15, -0.1) is 11.3 Å². The number of aromatic nitrogens is 1.